The van der Waals surface area contributed by atoms with Crippen LogP contribution in [0, 0.1) is 18.0 Å². The normalized spacial score (nSPS) is 51.8. The van der Waals surface area contributed by atoms with E-state index in [1.54, 1.807) is 0 Å². The van der Waals surface area contributed by atoms with Gasteiger partial charge in [-0.25, -0.2) is 4.67 Å². The van der Waals surface area contributed by atoms with E-state index in [1.165, 1.54) is 32.2 Å². The number of fused-ring (bicyclic) bond motifs is 5. The molecule has 3 heteroatoms. The molecule has 0 spiro atoms. The van der Waals surface area contributed by atoms with E-state index >= 15 is 0 Å². The molecule has 0 aromatic carbocycles. The molecule has 1 saturated carbocycles. The van der Waals surface area contributed by atoms with Crippen LogP contribution in [0.3, 0.4) is 0 Å². The van der Waals surface area contributed by atoms with E-state index in [0.717, 1.165) is 24.5 Å². The van der Waals surface area contributed by atoms with Crippen molar-refractivity contribution in [2.24, 2.45) is 11.8 Å². The van der Waals surface area contributed by atoms with Gasteiger partial charge in [-0.15, -0.1) is 6.13 Å². The van der Waals surface area contributed by atoms with Crippen LogP contribution in [-0.4, -0.2) is 23.9 Å². The van der Waals surface area contributed by atoms with Crippen molar-refractivity contribution in [3.63, 3.8) is 0 Å². The topological polar surface area (TPSA) is 12.5 Å². The van der Waals surface area contributed by atoms with Crippen molar-refractivity contribution in [3.8, 4) is 6.13 Å². The van der Waals surface area contributed by atoms with Gasteiger partial charge in [0.15, 0.2) is 0 Å². The van der Waals surface area contributed by atoms with Crippen LogP contribution in [0.2, 0.25) is 0 Å². The average Bonchev–Trinajstić information content (AvgIpc) is 2.48. The summed E-state index contributed by atoms with van der Waals surface area (Å²) in [4.78, 5) is 0. The maximum atomic E-state index is 5.99. The first-order valence-electron chi connectivity index (χ1n) is 5.30. The molecular weight excluding hydrogens is 181 g/mol. The molecular formula is C10H16NOP. The molecule has 2 aliphatic heterocycles. The van der Waals surface area contributed by atoms with Crippen LogP contribution in [0.1, 0.15) is 25.7 Å². The molecule has 0 amide bonds. The van der Waals surface area contributed by atoms with Crippen molar-refractivity contribution >= 4 is 7.75 Å². The van der Waals surface area contributed by atoms with Crippen LogP contribution >= 0.6 is 7.75 Å². The van der Waals surface area contributed by atoms with Crippen LogP contribution in [0.25, 0.3) is 0 Å². The van der Waals surface area contributed by atoms with Gasteiger partial charge in [0.25, 0.3) is 0 Å². The molecule has 2 heterocycles. The molecule has 2 nitrogen and oxygen atoms in total. The maximum Gasteiger partial charge on any atom is 0.101 e. The van der Waals surface area contributed by atoms with E-state index < -0.39 is 7.75 Å². The molecule has 4 unspecified atom stereocenters. The van der Waals surface area contributed by atoms with Crippen molar-refractivity contribution in [2.45, 2.75) is 31.7 Å². The maximum absolute atomic E-state index is 5.99. The molecule has 2 saturated heterocycles. The molecule has 2 bridgehead atoms. The van der Waals surface area contributed by atoms with Gasteiger partial charge in [-0.1, -0.05) is 12.8 Å². The highest BCUT2D eigenvalue weighted by atomic mass is 31.1. The van der Waals surface area contributed by atoms with Crippen molar-refractivity contribution in [3.05, 3.63) is 0 Å². The Balaban J connectivity index is 1.90. The van der Waals surface area contributed by atoms with Crippen molar-refractivity contribution in [1.29, 1.82) is 0 Å². The minimum Gasteiger partial charge on any atom is -0.316 e. The number of hydrogen-bond donors (Lipinski definition) is 0. The van der Waals surface area contributed by atoms with E-state index in [1.807, 2.05) is 0 Å². The summed E-state index contributed by atoms with van der Waals surface area (Å²) in [5.41, 5.74) is 0. The molecule has 0 N–H and O–H groups in total. The summed E-state index contributed by atoms with van der Waals surface area (Å²) in [5, 5.41) is 0. The van der Waals surface area contributed by atoms with E-state index in [4.69, 9.17) is 10.7 Å². The summed E-state index contributed by atoms with van der Waals surface area (Å²) >= 11 is 0. The first kappa shape index (κ1) is 8.32. The monoisotopic (exact) mass is 197 g/mol. The van der Waals surface area contributed by atoms with Crippen LogP contribution in [0.5, 0.6) is 0 Å². The van der Waals surface area contributed by atoms with Gasteiger partial charge in [-0.2, -0.15) is 0 Å². The second-order valence-electron chi connectivity index (χ2n) is 4.50. The van der Waals surface area contributed by atoms with Crippen LogP contribution < -0.4 is 0 Å². The SMILES string of the molecule is C#P1OC[C@@H]2CN1C1CCCCC12. The highest BCUT2D eigenvalue weighted by Crippen LogP contribution is 2.50. The molecule has 0 radical (unpaired) electrons. The first-order valence-corrected chi connectivity index (χ1v) is 6.59. The molecule has 13 heavy (non-hydrogen) atoms. The first-order chi connectivity index (χ1) is 6.36. The number of hydrogen-bond acceptors (Lipinski definition) is 2. The van der Waals surface area contributed by atoms with Crippen molar-refractivity contribution < 1.29 is 4.52 Å². The van der Waals surface area contributed by atoms with Crippen molar-refractivity contribution in [2.75, 3.05) is 13.2 Å². The number of rotatable bonds is 0. The summed E-state index contributed by atoms with van der Waals surface area (Å²) in [6.45, 7) is 2.15. The van der Waals surface area contributed by atoms with Crippen LogP contribution in [-0.2, 0) is 4.52 Å². The van der Waals surface area contributed by atoms with Gasteiger partial charge in [-0.3, -0.25) is 0 Å². The van der Waals surface area contributed by atoms with E-state index in [0.29, 0.717) is 0 Å². The van der Waals surface area contributed by atoms with Gasteiger partial charge in [-0.05, 0) is 18.8 Å². The fraction of sp³-hybridized carbons (Fsp3) is 0.900. The molecule has 3 aliphatic rings. The third kappa shape index (κ3) is 1.17. The lowest BCUT2D eigenvalue weighted by Crippen LogP contribution is -2.29. The third-order valence-corrected chi connectivity index (χ3v) is 5.25. The summed E-state index contributed by atoms with van der Waals surface area (Å²) in [5.74, 6) is 1.71. The Morgan fingerprint density at radius 3 is 3.08 bits per heavy atom. The van der Waals surface area contributed by atoms with E-state index in [9.17, 15) is 0 Å². The second kappa shape index (κ2) is 3.00. The van der Waals surface area contributed by atoms with Gasteiger partial charge in [0.1, 0.15) is 7.75 Å². The Labute approximate surface area is 80.4 Å². The minimum atomic E-state index is -0.724. The Hall–Kier alpha value is -0.0000000000000000139. The quantitative estimate of drug-likeness (QED) is 0.553. The second-order valence-corrected chi connectivity index (χ2v) is 5.87. The summed E-state index contributed by atoms with van der Waals surface area (Å²) in [7, 11) is -0.724. The molecule has 3 rings (SSSR count). The highest BCUT2D eigenvalue weighted by Gasteiger charge is 2.46. The van der Waals surface area contributed by atoms with Gasteiger partial charge in [0, 0.05) is 18.5 Å². The summed E-state index contributed by atoms with van der Waals surface area (Å²) < 4.78 is 8.08. The third-order valence-electron chi connectivity index (χ3n) is 3.87. The fourth-order valence-corrected chi connectivity index (χ4v) is 4.66. The molecule has 1 aliphatic carbocycles. The lowest BCUT2D eigenvalue weighted by atomic mass is 9.80. The minimum absolute atomic E-state index is 0.724. The fourth-order valence-electron chi connectivity index (χ4n) is 3.22. The zero-order valence-corrected chi connectivity index (χ0v) is 8.75. The Bertz CT molecular complexity index is 282. The van der Waals surface area contributed by atoms with Gasteiger partial charge in [0.2, 0.25) is 0 Å². The Morgan fingerprint density at radius 2 is 2.15 bits per heavy atom. The molecule has 0 aromatic rings. The van der Waals surface area contributed by atoms with E-state index in [-0.39, 0.29) is 0 Å². The Morgan fingerprint density at radius 1 is 1.31 bits per heavy atom. The predicted octanol–water partition coefficient (Wildman–Crippen LogP) is 2.41. The summed E-state index contributed by atoms with van der Waals surface area (Å²) in [6.07, 6.45) is 11.6. The van der Waals surface area contributed by atoms with Gasteiger partial charge < -0.3 is 4.52 Å². The number of nitrogens with zero attached hydrogens (tertiary/aromatic N) is 1. The smallest absolute Gasteiger partial charge is 0.101 e. The van der Waals surface area contributed by atoms with Crippen molar-refractivity contribution in [1.82, 2.24) is 4.67 Å². The Kier molecular flexibility index (Phi) is 1.92. The van der Waals surface area contributed by atoms with Crippen LogP contribution in [0.4, 0.5) is 0 Å². The zero-order valence-electron chi connectivity index (χ0n) is 7.85. The van der Waals surface area contributed by atoms with Gasteiger partial charge in [0.05, 0.1) is 6.61 Å². The average molecular weight is 197 g/mol. The lowest BCUT2D eigenvalue weighted by molar-refractivity contribution is 0.212. The lowest BCUT2D eigenvalue weighted by Gasteiger charge is -2.29. The zero-order chi connectivity index (χ0) is 8.84. The molecule has 0 aromatic heterocycles. The summed E-state index contributed by atoms with van der Waals surface area (Å²) in [6, 6.07) is 0.775. The standard InChI is InChI=1S/C10H16NOP/c1-13-11-6-8(7-12-13)9-4-2-3-5-10(9)11/h1,8-10H,2-7H2/t8-,9?,10?/m0/s1. The molecule has 5 atom stereocenters. The highest BCUT2D eigenvalue weighted by molar-refractivity contribution is 7.38. The van der Waals surface area contributed by atoms with E-state index in [2.05, 4.69) is 4.67 Å². The predicted molar refractivity (Wildman–Crippen MR) is 53.8 cm³/mol. The van der Waals surface area contributed by atoms with Gasteiger partial charge >= 0.3 is 0 Å². The molecule has 3 fully saturated rings. The molecule has 72 valence electrons. The van der Waals surface area contributed by atoms with Crippen LogP contribution in [0.15, 0.2) is 0 Å². The largest absolute Gasteiger partial charge is 0.316 e.